The van der Waals surface area contributed by atoms with Crippen LogP contribution in [0, 0.1) is 5.53 Å². The van der Waals surface area contributed by atoms with Crippen molar-refractivity contribution < 1.29 is 9.47 Å². The fourth-order valence-corrected chi connectivity index (χ4v) is 3.40. The molecule has 1 saturated heterocycles. The van der Waals surface area contributed by atoms with E-state index in [1.807, 2.05) is 35.1 Å². The summed E-state index contributed by atoms with van der Waals surface area (Å²) in [5.74, 6) is 1.57. The molecule has 4 heterocycles. The van der Waals surface area contributed by atoms with Crippen molar-refractivity contribution in [3.63, 3.8) is 0 Å². The normalized spacial score (nSPS) is 20.9. The van der Waals surface area contributed by atoms with Crippen molar-refractivity contribution in [3.8, 4) is 5.75 Å². The van der Waals surface area contributed by atoms with E-state index in [4.69, 9.17) is 15.0 Å². The van der Waals surface area contributed by atoms with Gasteiger partial charge in [0.1, 0.15) is 23.8 Å². The van der Waals surface area contributed by atoms with Gasteiger partial charge < -0.3 is 20.1 Å². The Bertz CT molecular complexity index is 1070. The fourth-order valence-electron chi connectivity index (χ4n) is 3.40. The van der Waals surface area contributed by atoms with Gasteiger partial charge in [-0.15, -0.1) is 0 Å². The van der Waals surface area contributed by atoms with Crippen LogP contribution in [0.3, 0.4) is 0 Å². The average Bonchev–Trinajstić information content (AvgIpc) is 3.38. The van der Waals surface area contributed by atoms with Crippen LogP contribution in [0.2, 0.25) is 0 Å². The highest BCUT2D eigenvalue weighted by Crippen LogP contribution is 2.28. The minimum Gasteiger partial charge on any atom is -0.493 e. The van der Waals surface area contributed by atoms with E-state index in [1.54, 1.807) is 6.20 Å². The molecule has 0 saturated carbocycles. The number of nitrogens with zero attached hydrogens (tertiary/aromatic N) is 5. The zero-order valence-electron chi connectivity index (χ0n) is 16.8. The van der Waals surface area contributed by atoms with E-state index in [2.05, 4.69) is 36.1 Å². The summed E-state index contributed by atoms with van der Waals surface area (Å²) >= 11 is 0. The second kappa shape index (κ2) is 8.66. The Labute approximate surface area is 178 Å². The fraction of sp³-hybridized carbons (Fsp3) is 0.350. The summed E-state index contributed by atoms with van der Waals surface area (Å²) in [7, 11) is 0. The Balaban J connectivity index is 1.40. The molecule has 0 amide bonds. The van der Waals surface area contributed by atoms with E-state index in [-0.39, 0.29) is 12.3 Å². The molecular weight excluding hydrogens is 398 g/mol. The predicted molar refractivity (Wildman–Crippen MR) is 113 cm³/mol. The van der Waals surface area contributed by atoms with Crippen LogP contribution in [0.1, 0.15) is 12.8 Å². The standard InChI is InChI=1S/C20H23N9O2/c21-28-16-11-23-20-26-13-3-1-4-15(9-13)30-8-2-6-22-19-17(31-19)5-7-29-12-14(10-24-29)25-18(16)27-20/h1,3-4,9-12,17,19,21-22H,2,5-8H2,(H2,23,25,26,27). The minimum atomic E-state index is 0.104. The van der Waals surface area contributed by atoms with Crippen LogP contribution in [-0.4, -0.2) is 45.2 Å². The first-order chi connectivity index (χ1) is 15.3. The van der Waals surface area contributed by atoms with Crippen LogP contribution in [0.25, 0.3) is 0 Å². The maximum Gasteiger partial charge on any atom is 0.229 e. The molecule has 2 aromatic heterocycles. The Morgan fingerprint density at radius 3 is 3.10 bits per heavy atom. The van der Waals surface area contributed by atoms with Gasteiger partial charge in [-0.25, -0.2) is 10.5 Å². The molecule has 2 unspecified atom stereocenters. The number of nitrogens with one attached hydrogen (secondary N) is 4. The average molecular weight is 421 g/mol. The number of fused-ring (bicyclic) bond motifs is 7. The van der Waals surface area contributed by atoms with E-state index in [0.717, 1.165) is 43.1 Å². The van der Waals surface area contributed by atoms with Gasteiger partial charge >= 0.3 is 0 Å². The number of benzene rings is 1. The number of ether oxygens (including phenoxy) is 2. The van der Waals surface area contributed by atoms with Crippen molar-refractivity contribution in [1.82, 2.24) is 25.1 Å². The molecule has 4 N–H and O–H groups in total. The van der Waals surface area contributed by atoms with Gasteiger partial charge in [0.2, 0.25) is 5.95 Å². The molecule has 2 atom stereocenters. The summed E-state index contributed by atoms with van der Waals surface area (Å²) in [4.78, 5) is 8.74. The molecule has 1 aromatic carbocycles. The van der Waals surface area contributed by atoms with Crippen molar-refractivity contribution >= 4 is 28.8 Å². The van der Waals surface area contributed by atoms with Crippen LogP contribution < -0.4 is 20.7 Å². The number of hydrogen-bond donors (Lipinski definition) is 4. The van der Waals surface area contributed by atoms with Crippen molar-refractivity contribution in [1.29, 1.82) is 5.53 Å². The second-order valence-corrected chi connectivity index (χ2v) is 7.35. The highest BCUT2D eigenvalue weighted by atomic mass is 16.6. The van der Waals surface area contributed by atoms with Crippen molar-refractivity contribution in [2.45, 2.75) is 31.7 Å². The molecule has 0 aliphatic carbocycles. The summed E-state index contributed by atoms with van der Waals surface area (Å²) in [6.07, 6.45) is 7.17. The van der Waals surface area contributed by atoms with Gasteiger partial charge in [-0.05, 0) is 25.0 Å². The summed E-state index contributed by atoms with van der Waals surface area (Å²) in [6.45, 7) is 2.18. The van der Waals surface area contributed by atoms with E-state index >= 15 is 0 Å². The van der Waals surface area contributed by atoms with Crippen molar-refractivity contribution in [2.75, 3.05) is 23.8 Å². The molecule has 6 bridgehead atoms. The summed E-state index contributed by atoms with van der Waals surface area (Å²) in [5, 5.41) is 17.7. The van der Waals surface area contributed by atoms with Crippen LogP contribution >= 0.6 is 0 Å². The maximum absolute atomic E-state index is 7.41. The van der Waals surface area contributed by atoms with E-state index in [1.165, 1.54) is 6.20 Å². The van der Waals surface area contributed by atoms with Crippen LogP contribution in [0.5, 0.6) is 5.75 Å². The number of hydrogen-bond acceptors (Lipinski definition) is 10. The predicted octanol–water partition coefficient (Wildman–Crippen LogP) is 3.31. The maximum atomic E-state index is 7.41. The Morgan fingerprint density at radius 1 is 1.19 bits per heavy atom. The van der Waals surface area contributed by atoms with E-state index < -0.39 is 0 Å². The highest BCUT2D eigenvalue weighted by Gasteiger charge is 2.37. The second-order valence-electron chi connectivity index (χ2n) is 7.35. The molecule has 3 aromatic rings. The number of aryl methyl sites for hydroxylation is 1. The summed E-state index contributed by atoms with van der Waals surface area (Å²) in [5.41, 5.74) is 9.30. The smallest absolute Gasteiger partial charge is 0.229 e. The number of anilines is 4. The summed E-state index contributed by atoms with van der Waals surface area (Å²) in [6, 6.07) is 7.63. The third kappa shape index (κ3) is 4.78. The molecule has 31 heavy (non-hydrogen) atoms. The topological polar surface area (TPSA) is 138 Å². The Hall–Kier alpha value is -3.57. The molecule has 0 radical (unpaired) electrons. The largest absolute Gasteiger partial charge is 0.493 e. The van der Waals surface area contributed by atoms with Gasteiger partial charge in [0.15, 0.2) is 5.82 Å². The lowest BCUT2D eigenvalue weighted by Gasteiger charge is -2.11. The third-order valence-corrected chi connectivity index (χ3v) is 5.04. The Kier molecular flexibility index (Phi) is 5.42. The number of aromatic nitrogens is 4. The zero-order valence-corrected chi connectivity index (χ0v) is 16.8. The highest BCUT2D eigenvalue weighted by molar-refractivity contribution is 5.68. The lowest BCUT2D eigenvalue weighted by molar-refractivity contribution is 0.296. The molecule has 11 heteroatoms. The zero-order chi connectivity index (χ0) is 21.0. The molecule has 2 aliphatic rings. The molecule has 11 nitrogen and oxygen atoms in total. The van der Waals surface area contributed by atoms with Crippen LogP contribution in [-0.2, 0) is 11.3 Å². The molecule has 160 valence electrons. The Morgan fingerprint density at radius 2 is 2.16 bits per heavy atom. The van der Waals surface area contributed by atoms with Gasteiger partial charge in [0.25, 0.3) is 0 Å². The van der Waals surface area contributed by atoms with Crippen molar-refractivity contribution in [2.24, 2.45) is 5.11 Å². The minimum absolute atomic E-state index is 0.104. The molecule has 5 rings (SSSR count). The third-order valence-electron chi connectivity index (χ3n) is 5.04. The summed E-state index contributed by atoms with van der Waals surface area (Å²) < 4.78 is 13.4. The quantitative estimate of drug-likeness (QED) is 0.347. The molecule has 0 spiro atoms. The van der Waals surface area contributed by atoms with Gasteiger partial charge in [0.05, 0.1) is 24.7 Å². The van der Waals surface area contributed by atoms with Gasteiger partial charge in [-0.3, -0.25) is 10.00 Å². The molecular formula is C20H23N9O2. The van der Waals surface area contributed by atoms with Crippen LogP contribution in [0.4, 0.5) is 28.8 Å². The lowest BCUT2D eigenvalue weighted by atomic mass is 10.3. The van der Waals surface area contributed by atoms with Gasteiger partial charge in [-0.1, -0.05) is 6.07 Å². The van der Waals surface area contributed by atoms with Gasteiger partial charge in [0, 0.05) is 31.0 Å². The number of epoxide rings is 1. The van der Waals surface area contributed by atoms with Crippen LogP contribution in [0.15, 0.2) is 48.0 Å². The first-order valence-corrected chi connectivity index (χ1v) is 10.2. The monoisotopic (exact) mass is 421 g/mol. The van der Waals surface area contributed by atoms with Gasteiger partial charge in [-0.2, -0.15) is 15.2 Å². The molecule has 1 fully saturated rings. The lowest BCUT2D eigenvalue weighted by Crippen LogP contribution is -2.23. The molecule has 2 aliphatic heterocycles. The van der Waals surface area contributed by atoms with Crippen molar-refractivity contribution in [3.05, 3.63) is 42.9 Å². The number of rotatable bonds is 1. The van der Waals surface area contributed by atoms with E-state index in [0.29, 0.717) is 24.1 Å². The SMILES string of the molecule is N=Nc1cnc2nc1Nc1cnn(c1)CCC1OC1NCCCOc1cccc(c1)N2. The first kappa shape index (κ1) is 19.4. The van der Waals surface area contributed by atoms with E-state index in [9.17, 15) is 0 Å². The first-order valence-electron chi connectivity index (χ1n) is 10.2.